The number of nitrogens with zero attached hydrogens (tertiary/aromatic N) is 4. The van der Waals surface area contributed by atoms with Gasteiger partial charge in [-0.05, 0) is 80.9 Å². The largest absolute Gasteiger partial charge is 0.396 e. The highest BCUT2D eigenvalue weighted by Gasteiger charge is 2.25. The van der Waals surface area contributed by atoms with Gasteiger partial charge < -0.3 is 14.7 Å². The first kappa shape index (κ1) is 25.0. The summed E-state index contributed by atoms with van der Waals surface area (Å²) in [5.41, 5.74) is 3.41. The van der Waals surface area contributed by atoms with E-state index >= 15 is 0 Å². The SMILES string of the molecule is OC[C@H]1CC[C@H](c2nnc(-c3ccc(-c4ccc(N5CCC(OCC6CCC6)CC5)nc4)cc3)s2)CC1. The summed E-state index contributed by atoms with van der Waals surface area (Å²) in [6, 6.07) is 12.9. The number of aliphatic hydroxyl groups excluding tert-OH is 1. The number of benzene rings is 1. The van der Waals surface area contributed by atoms with E-state index in [9.17, 15) is 5.11 Å². The number of rotatable bonds is 8. The van der Waals surface area contributed by atoms with E-state index in [1.54, 1.807) is 11.3 Å². The van der Waals surface area contributed by atoms with Gasteiger partial charge in [0.1, 0.15) is 15.8 Å². The molecule has 3 fully saturated rings. The number of aliphatic hydroxyl groups is 1. The lowest BCUT2D eigenvalue weighted by Crippen LogP contribution is -2.38. The fourth-order valence-electron chi connectivity index (χ4n) is 5.84. The van der Waals surface area contributed by atoms with Crippen LogP contribution < -0.4 is 4.90 Å². The van der Waals surface area contributed by atoms with Gasteiger partial charge in [0.25, 0.3) is 0 Å². The molecule has 1 aromatic carbocycles. The number of hydrogen-bond acceptors (Lipinski definition) is 7. The Morgan fingerprint density at radius 2 is 1.54 bits per heavy atom. The van der Waals surface area contributed by atoms with Crippen molar-refractivity contribution in [2.75, 3.05) is 31.2 Å². The van der Waals surface area contributed by atoms with Crippen LogP contribution >= 0.6 is 11.3 Å². The summed E-state index contributed by atoms with van der Waals surface area (Å²) in [5.74, 6) is 2.84. The zero-order valence-corrected chi connectivity index (χ0v) is 22.4. The van der Waals surface area contributed by atoms with E-state index < -0.39 is 0 Å². The second-order valence-corrected chi connectivity index (χ2v) is 12.2. The van der Waals surface area contributed by atoms with Crippen LogP contribution in [0.25, 0.3) is 21.7 Å². The van der Waals surface area contributed by atoms with Gasteiger partial charge >= 0.3 is 0 Å². The van der Waals surface area contributed by atoms with Crippen LogP contribution in [0.3, 0.4) is 0 Å². The fraction of sp³-hybridized carbons (Fsp3) is 0.567. The molecule has 0 amide bonds. The van der Waals surface area contributed by atoms with Gasteiger partial charge in [-0.3, -0.25) is 0 Å². The first-order valence-electron chi connectivity index (χ1n) is 14.1. The molecule has 196 valence electrons. The summed E-state index contributed by atoms with van der Waals surface area (Å²) in [4.78, 5) is 7.18. The first-order chi connectivity index (χ1) is 18.2. The van der Waals surface area contributed by atoms with Gasteiger partial charge in [0, 0.05) is 49.5 Å². The summed E-state index contributed by atoms with van der Waals surface area (Å²) in [7, 11) is 0. The Balaban J connectivity index is 1.03. The summed E-state index contributed by atoms with van der Waals surface area (Å²) in [6.45, 7) is 3.31. The van der Waals surface area contributed by atoms with Crippen molar-refractivity contribution < 1.29 is 9.84 Å². The van der Waals surface area contributed by atoms with Gasteiger partial charge in [-0.15, -0.1) is 10.2 Å². The quantitative estimate of drug-likeness (QED) is 0.376. The number of piperidine rings is 1. The average Bonchev–Trinajstić information content (AvgIpc) is 3.43. The van der Waals surface area contributed by atoms with E-state index in [1.807, 2.05) is 6.20 Å². The average molecular weight is 519 g/mol. The van der Waals surface area contributed by atoms with Crippen LogP contribution in [0.2, 0.25) is 0 Å². The minimum absolute atomic E-state index is 0.313. The molecule has 6 rings (SSSR count). The molecule has 1 aliphatic heterocycles. The molecule has 1 N–H and O–H groups in total. The van der Waals surface area contributed by atoms with Crippen LogP contribution in [0.1, 0.15) is 68.7 Å². The highest BCUT2D eigenvalue weighted by molar-refractivity contribution is 7.14. The number of aromatic nitrogens is 3. The zero-order chi connectivity index (χ0) is 25.0. The van der Waals surface area contributed by atoms with Crippen molar-refractivity contribution in [3.05, 3.63) is 47.6 Å². The van der Waals surface area contributed by atoms with Crippen molar-refractivity contribution >= 4 is 17.2 Å². The molecule has 0 unspecified atom stereocenters. The first-order valence-corrected chi connectivity index (χ1v) is 14.9. The molecule has 37 heavy (non-hydrogen) atoms. The molecule has 0 atom stereocenters. The second-order valence-electron chi connectivity index (χ2n) is 11.1. The fourth-order valence-corrected chi connectivity index (χ4v) is 6.86. The molecule has 0 spiro atoms. The molecule has 0 bridgehead atoms. The zero-order valence-electron chi connectivity index (χ0n) is 21.6. The lowest BCUT2D eigenvalue weighted by atomic mass is 9.83. The van der Waals surface area contributed by atoms with Gasteiger partial charge in [-0.25, -0.2) is 4.98 Å². The molecule has 3 heterocycles. The Morgan fingerprint density at radius 3 is 2.19 bits per heavy atom. The maximum atomic E-state index is 9.39. The Morgan fingerprint density at radius 1 is 0.811 bits per heavy atom. The summed E-state index contributed by atoms with van der Waals surface area (Å²) in [6.07, 6.45) is 13.1. The molecule has 2 aromatic heterocycles. The minimum Gasteiger partial charge on any atom is -0.396 e. The van der Waals surface area contributed by atoms with Crippen LogP contribution in [0.5, 0.6) is 0 Å². The van der Waals surface area contributed by atoms with Crippen molar-refractivity contribution in [3.63, 3.8) is 0 Å². The standard InChI is InChI=1S/C30H38N4O2S/c35-19-21-4-6-24(7-5-21)29-32-33-30(37-29)25-10-8-23(9-11-25)26-12-13-28(31-18-26)34-16-14-27(15-17-34)36-20-22-2-1-3-22/h8-13,18,21-22,24,27,35H,1-7,14-17,19-20H2/t21-,24-. The van der Waals surface area contributed by atoms with Gasteiger partial charge in [-0.1, -0.05) is 42.0 Å². The highest BCUT2D eigenvalue weighted by atomic mass is 32.1. The Bertz CT molecular complexity index is 1130. The highest BCUT2D eigenvalue weighted by Crippen LogP contribution is 2.38. The Hall–Kier alpha value is -2.35. The Kier molecular flexibility index (Phi) is 7.81. The minimum atomic E-state index is 0.313. The van der Waals surface area contributed by atoms with E-state index in [4.69, 9.17) is 9.72 Å². The predicted molar refractivity (Wildman–Crippen MR) is 149 cm³/mol. The van der Waals surface area contributed by atoms with Crippen LogP contribution in [-0.2, 0) is 4.74 Å². The lowest BCUT2D eigenvalue weighted by molar-refractivity contribution is -0.000996. The van der Waals surface area contributed by atoms with Crippen molar-refractivity contribution in [1.82, 2.24) is 15.2 Å². The summed E-state index contributed by atoms with van der Waals surface area (Å²) in [5, 5.41) is 20.5. The predicted octanol–water partition coefficient (Wildman–Crippen LogP) is 6.32. The van der Waals surface area contributed by atoms with Crippen molar-refractivity contribution in [2.45, 2.75) is 69.8 Å². The van der Waals surface area contributed by atoms with Crippen molar-refractivity contribution in [3.8, 4) is 21.7 Å². The molecule has 2 saturated carbocycles. The van der Waals surface area contributed by atoms with Crippen LogP contribution in [0.15, 0.2) is 42.6 Å². The molecule has 6 nitrogen and oxygen atoms in total. The van der Waals surface area contributed by atoms with Gasteiger partial charge in [0.15, 0.2) is 0 Å². The molecular formula is C30H38N4O2S. The van der Waals surface area contributed by atoms with E-state index in [1.165, 1.54) is 19.3 Å². The van der Waals surface area contributed by atoms with Crippen molar-refractivity contribution in [1.29, 1.82) is 0 Å². The number of hydrogen-bond donors (Lipinski definition) is 1. The molecule has 7 heteroatoms. The molecule has 0 radical (unpaired) electrons. The monoisotopic (exact) mass is 518 g/mol. The second kappa shape index (κ2) is 11.6. The smallest absolute Gasteiger partial charge is 0.147 e. The third kappa shape index (κ3) is 5.89. The molecule has 3 aliphatic rings. The molecule has 2 aliphatic carbocycles. The number of ether oxygens (including phenoxy) is 1. The lowest BCUT2D eigenvalue weighted by Gasteiger charge is -2.34. The van der Waals surface area contributed by atoms with Gasteiger partial charge in [0.05, 0.1) is 6.10 Å². The van der Waals surface area contributed by atoms with Crippen LogP contribution in [-0.4, -0.2) is 52.7 Å². The van der Waals surface area contributed by atoms with E-state index in [0.717, 1.165) is 96.7 Å². The van der Waals surface area contributed by atoms with Gasteiger partial charge in [-0.2, -0.15) is 0 Å². The van der Waals surface area contributed by atoms with Crippen molar-refractivity contribution in [2.24, 2.45) is 11.8 Å². The molecular weight excluding hydrogens is 480 g/mol. The van der Waals surface area contributed by atoms with E-state index in [0.29, 0.717) is 24.5 Å². The van der Waals surface area contributed by atoms with E-state index in [2.05, 4.69) is 51.5 Å². The summed E-state index contributed by atoms with van der Waals surface area (Å²) < 4.78 is 6.17. The normalized spacial score (nSPS) is 23.2. The molecule has 3 aromatic rings. The third-order valence-electron chi connectivity index (χ3n) is 8.67. The van der Waals surface area contributed by atoms with E-state index in [-0.39, 0.29) is 0 Å². The number of anilines is 1. The maximum Gasteiger partial charge on any atom is 0.147 e. The summed E-state index contributed by atoms with van der Waals surface area (Å²) >= 11 is 1.72. The van der Waals surface area contributed by atoms with Crippen LogP contribution in [0.4, 0.5) is 5.82 Å². The van der Waals surface area contributed by atoms with Gasteiger partial charge in [0.2, 0.25) is 0 Å². The van der Waals surface area contributed by atoms with Crippen LogP contribution in [0, 0.1) is 11.8 Å². The molecule has 1 saturated heterocycles. The third-order valence-corrected chi connectivity index (χ3v) is 9.80. The topological polar surface area (TPSA) is 71.4 Å². The number of pyridine rings is 1. The maximum absolute atomic E-state index is 9.39. The Labute approximate surface area is 224 Å².